The second-order valence-electron chi connectivity index (χ2n) is 3.62. The monoisotopic (exact) mass is 202 g/mol. The van der Waals surface area contributed by atoms with Crippen molar-refractivity contribution in [3.8, 4) is 0 Å². The first-order valence-corrected chi connectivity index (χ1v) is 5.75. The molecule has 1 atom stereocenters. The molecule has 0 radical (unpaired) electrons. The fourth-order valence-corrected chi connectivity index (χ4v) is 1.76. The van der Waals surface area contributed by atoms with E-state index < -0.39 is 0 Å². The first-order chi connectivity index (χ1) is 5.99. The van der Waals surface area contributed by atoms with Crippen LogP contribution in [0.5, 0.6) is 0 Å². The van der Waals surface area contributed by atoms with Crippen molar-refractivity contribution < 1.29 is 4.74 Å². The van der Waals surface area contributed by atoms with Crippen LogP contribution in [0.25, 0.3) is 0 Å². The number of ether oxygens (including phenoxy) is 1. The Morgan fingerprint density at radius 3 is 1.92 bits per heavy atom. The summed E-state index contributed by atoms with van der Waals surface area (Å²) in [6, 6.07) is 0. The molecule has 1 unspecified atom stereocenters. The average molecular weight is 202 g/mol. The largest absolute Gasteiger partial charge is 0.343 e. The smallest absolute Gasteiger partial charge is 0.168 e. The number of hydrogen-bond donors (Lipinski definition) is 0. The Hall–Kier alpha value is -0.163. The highest BCUT2D eigenvalue weighted by molar-refractivity contribution is 6.17. The summed E-state index contributed by atoms with van der Waals surface area (Å²) in [5.41, 5.74) is 2.15. The van der Waals surface area contributed by atoms with Gasteiger partial charge in [-0.1, -0.05) is 6.08 Å². The summed E-state index contributed by atoms with van der Waals surface area (Å²) in [5.74, 6) is 0. The topological polar surface area (TPSA) is 15.7 Å². The van der Waals surface area contributed by atoms with E-state index in [1.807, 2.05) is 28.2 Å². The van der Waals surface area contributed by atoms with Crippen molar-refractivity contribution in [1.29, 1.82) is 0 Å². The normalized spacial score (nSPS) is 15.4. The quantitative estimate of drug-likeness (QED) is 0.449. The molecule has 0 aliphatic rings. The van der Waals surface area contributed by atoms with Crippen LogP contribution < -0.4 is 0 Å². The molecule has 0 amide bonds. The van der Waals surface area contributed by atoms with E-state index in [2.05, 4.69) is 28.5 Å². The zero-order valence-corrected chi connectivity index (χ0v) is 11.6. The minimum atomic E-state index is 0.0490. The maximum Gasteiger partial charge on any atom is 0.168 e. The molecule has 13 heavy (non-hydrogen) atoms. The van der Waals surface area contributed by atoms with Gasteiger partial charge in [0.2, 0.25) is 0 Å². The molecule has 0 aromatic rings. The molecule has 0 heterocycles. The zero-order chi connectivity index (χ0) is 10.4. The van der Waals surface area contributed by atoms with E-state index in [1.54, 1.807) is 0 Å². The van der Waals surface area contributed by atoms with Crippen LogP contribution in [-0.4, -0.2) is 60.7 Å². The van der Waals surface area contributed by atoms with Gasteiger partial charge in [0.15, 0.2) is 6.35 Å². The van der Waals surface area contributed by atoms with Crippen molar-refractivity contribution in [3.05, 3.63) is 11.8 Å². The highest BCUT2D eigenvalue weighted by atomic mass is 28.1. The molecule has 0 N–H and O–H groups in total. The fraction of sp³-hybridized carbons (Fsp3) is 0.778. The van der Waals surface area contributed by atoms with Crippen LogP contribution in [0.1, 0.15) is 6.92 Å². The summed E-state index contributed by atoms with van der Waals surface area (Å²) in [4.78, 5) is 4.11. The van der Waals surface area contributed by atoms with Crippen molar-refractivity contribution in [2.75, 3.05) is 28.2 Å². The fourth-order valence-electron chi connectivity index (χ4n) is 1.21. The molecule has 78 valence electrons. The summed E-state index contributed by atoms with van der Waals surface area (Å²) in [6.45, 7) is 2.06. The standard InChI is InChI=1S/C9H22N2OSi/c1-8(6-7-13)12-9(10(2)3)11(4)5/h6-9H,1-5,13H3. The molecule has 0 spiro atoms. The van der Waals surface area contributed by atoms with Gasteiger partial charge in [0.05, 0.1) is 6.10 Å². The van der Waals surface area contributed by atoms with E-state index in [0.717, 1.165) is 10.2 Å². The van der Waals surface area contributed by atoms with Crippen molar-refractivity contribution in [3.63, 3.8) is 0 Å². The van der Waals surface area contributed by atoms with Gasteiger partial charge in [-0.2, -0.15) is 0 Å². The molecule has 0 aliphatic carbocycles. The van der Waals surface area contributed by atoms with Gasteiger partial charge >= 0.3 is 0 Å². The molecular weight excluding hydrogens is 180 g/mol. The Morgan fingerprint density at radius 2 is 1.62 bits per heavy atom. The Bertz CT molecular complexity index is 152. The van der Waals surface area contributed by atoms with Gasteiger partial charge in [-0.25, -0.2) is 0 Å². The van der Waals surface area contributed by atoms with Gasteiger partial charge in [-0.3, -0.25) is 9.80 Å². The highest BCUT2D eigenvalue weighted by Crippen LogP contribution is 2.04. The maximum absolute atomic E-state index is 5.80. The third kappa shape index (κ3) is 5.20. The van der Waals surface area contributed by atoms with Crippen LogP contribution >= 0.6 is 0 Å². The van der Waals surface area contributed by atoms with E-state index in [0.29, 0.717) is 0 Å². The van der Waals surface area contributed by atoms with Crippen LogP contribution in [0.4, 0.5) is 0 Å². The van der Waals surface area contributed by atoms with Gasteiger partial charge in [0.1, 0.15) is 0 Å². The Kier molecular flexibility index (Phi) is 6.24. The minimum absolute atomic E-state index is 0.0490. The molecule has 0 aliphatic heterocycles. The SMILES string of the molecule is CC(C=C[SiH3])OC(N(C)C)N(C)C. The van der Waals surface area contributed by atoms with Crippen molar-refractivity contribution >= 4 is 10.2 Å². The molecule has 3 nitrogen and oxygen atoms in total. The second kappa shape index (κ2) is 6.31. The third-order valence-corrected chi connectivity index (χ3v) is 2.07. The van der Waals surface area contributed by atoms with Crippen molar-refractivity contribution in [1.82, 2.24) is 9.80 Å². The summed E-state index contributed by atoms with van der Waals surface area (Å²) in [7, 11) is 9.15. The van der Waals surface area contributed by atoms with E-state index in [9.17, 15) is 0 Å². The van der Waals surface area contributed by atoms with Gasteiger partial charge in [0.25, 0.3) is 0 Å². The van der Waals surface area contributed by atoms with Crippen molar-refractivity contribution in [2.24, 2.45) is 0 Å². The number of hydrogen-bond acceptors (Lipinski definition) is 3. The van der Waals surface area contributed by atoms with Crippen LogP contribution in [0.2, 0.25) is 0 Å². The van der Waals surface area contributed by atoms with Gasteiger partial charge in [-0.05, 0) is 35.1 Å². The molecular formula is C9H22N2OSi. The van der Waals surface area contributed by atoms with Crippen LogP contribution in [0.3, 0.4) is 0 Å². The number of rotatable bonds is 5. The van der Waals surface area contributed by atoms with Gasteiger partial charge in [-0.15, -0.1) is 5.70 Å². The zero-order valence-electron chi connectivity index (χ0n) is 9.61. The first-order valence-electron chi connectivity index (χ1n) is 4.60. The third-order valence-electron chi connectivity index (χ3n) is 1.68. The molecule has 0 aromatic heterocycles. The van der Waals surface area contributed by atoms with E-state index in [1.165, 1.54) is 0 Å². The lowest BCUT2D eigenvalue weighted by atomic mass is 10.4. The molecule has 0 fully saturated rings. The number of nitrogens with zero attached hydrogens (tertiary/aromatic N) is 2. The molecule has 0 saturated heterocycles. The predicted molar refractivity (Wildman–Crippen MR) is 60.8 cm³/mol. The Morgan fingerprint density at radius 1 is 1.15 bits per heavy atom. The van der Waals surface area contributed by atoms with Crippen LogP contribution in [0.15, 0.2) is 11.8 Å². The van der Waals surface area contributed by atoms with E-state index in [4.69, 9.17) is 4.74 Å². The Balaban J connectivity index is 4.10. The first kappa shape index (κ1) is 12.8. The molecule has 4 heteroatoms. The summed E-state index contributed by atoms with van der Waals surface area (Å²) in [6.07, 6.45) is 2.34. The summed E-state index contributed by atoms with van der Waals surface area (Å²) >= 11 is 0. The summed E-state index contributed by atoms with van der Waals surface area (Å²) < 4.78 is 5.80. The van der Waals surface area contributed by atoms with Crippen molar-refractivity contribution in [2.45, 2.75) is 19.4 Å². The summed E-state index contributed by atoms with van der Waals surface area (Å²) in [5, 5.41) is 0. The van der Waals surface area contributed by atoms with Gasteiger partial charge < -0.3 is 4.74 Å². The molecule has 0 aromatic carbocycles. The van der Waals surface area contributed by atoms with Crippen LogP contribution in [-0.2, 0) is 4.74 Å². The van der Waals surface area contributed by atoms with Gasteiger partial charge in [0, 0.05) is 10.2 Å². The average Bonchev–Trinajstić information content (AvgIpc) is 1.99. The predicted octanol–water partition coefficient (Wildman–Crippen LogP) is -0.323. The Labute approximate surface area is 84.8 Å². The van der Waals surface area contributed by atoms with E-state index >= 15 is 0 Å². The molecule has 0 saturated carbocycles. The maximum atomic E-state index is 5.80. The van der Waals surface area contributed by atoms with E-state index in [-0.39, 0.29) is 12.5 Å². The minimum Gasteiger partial charge on any atom is -0.343 e. The highest BCUT2D eigenvalue weighted by Gasteiger charge is 2.15. The second-order valence-corrected chi connectivity index (χ2v) is 4.29. The molecule has 0 rings (SSSR count). The lowest BCUT2D eigenvalue weighted by Crippen LogP contribution is -2.44. The lowest BCUT2D eigenvalue weighted by Gasteiger charge is -2.31. The molecule has 0 bridgehead atoms. The van der Waals surface area contributed by atoms with Crippen LogP contribution in [0, 0.1) is 0 Å². The lowest BCUT2D eigenvalue weighted by molar-refractivity contribution is -0.134.